The van der Waals surface area contributed by atoms with Gasteiger partial charge in [0.15, 0.2) is 17.5 Å². The molecule has 5 nitrogen and oxygen atoms in total. The second-order valence-corrected chi connectivity index (χ2v) is 19.5. The van der Waals surface area contributed by atoms with Crippen LogP contribution >= 0.6 is 0 Å². The maximum absolute atomic E-state index is 6.28. The van der Waals surface area contributed by atoms with E-state index in [0.717, 1.165) is 67.3 Å². The van der Waals surface area contributed by atoms with E-state index in [4.69, 9.17) is 19.4 Å². The van der Waals surface area contributed by atoms with E-state index in [1.54, 1.807) is 0 Å². The normalized spacial score (nSPS) is 14.5. The summed E-state index contributed by atoms with van der Waals surface area (Å²) in [6, 6.07) is 65.2. The number of aromatic nitrogens is 4. The molecule has 316 valence electrons. The molecule has 0 amide bonds. The van der Waals surface area contributed by atoms with Gasteiger partial charge in [-0.25, -0.2) is 15.0 Å². The van der Waals surface area contributed by atoms with E-state index < -0.39 is 0 Å². The van der Waals surface area contributed by atoms with Gasteiger partial charge in [-0.05, 0) is 140 Å². The van der Waals surface area contributed by atoms with E-state index in [-0.39, 0.29) is 10.8 Å². The Kier molecular flexibility index (Phi) is 8.36. The zero-order chi connectivity index (χ0) is 44.3. The van der Waals surface area contributed by atoms with E-state index in [9.17, 15) is 0 Å². The monoisotopic (exact) mass is 850 g/mol. The molecule has 0 bridgehead atoms. The quantitative estimate of drug-likeness (QED) is 0.173. The van der Waals surface area contributed by atoms with Gasteiger partial charge < -0.3 is 8.98 Å². The van der Waals surface area contributed by atoms with Crippen molar-refractivity contribution < 1.29 is 4.42 Å². The van der Waals surface area contributed by atoms with Gasteiger partial charge in [0.2, 0.25) is 0 Å². The Hall–Kier alpha value is -7.89. The van der Waals surface area contributed by atoms with Gasteiger partial charge in [-0.15, -0.1) is 0 Å². The van der Waals surface area contributed by atoms with Crippen molar-refractivity contribution >= 4 is 65.3 Å². The molecule has 0 N–H and O–H groups in total. The van der Waals surface area contributed by atoms with Crippen LogP contribution in [0, 0.1) is 0 Å². The van der Waals surface area contributed by atoms with Crippen molar-refractivity contribution in [1.29, 1.82) is 0 Å². The Balaban J connectivity index is 0.977. The van der Waals surface area contributed by atoms with Gasteiger partial charge in [-0.3, -0.25) is 0 Å². The number of furan rings is 1. The summed E-state index contributed by atoms with van der Waals surface area (Å²) < 4.78 is 8.75. The average molecular weight is 851 g/mol. The summed E-state index contributed by atoms with van der Waals surface area (Å²) in [5.74, 6) is 1.86. The van der Waals surface area contributed by atoms with Crippen LogP contribution in [-0.4, -0.2) is 19.5 Å². The molecule has 0 saturated carbocycles. The first-order chi connectivity index (χ1) is 32.1. The molecule has 13 rings (SSSR count). The molecule has 1 aliphatic rings. The topological polar surface area (TPSA) is 56.7 Å². The van der Waals surface area contributed by atoms with Crippen LogP contribution in [0.4, 0.5) is 0 Å². The Labute approximate surface area is 383 Å². The van der Waals surface area contributed by atoms with Crippen molar-refractivity contribution in [2.24, 2.45) is 0 Å². The fourth-order valence-electron chi connectivity index (χ4n) is 10.7. The van der Waals surface area contributed by atoms with E-state index in [1.165, 1.54) is 55.5 Å². The van der Waals surface area contributed by atoms with Gasteiger partial charge >= 0.3 is 0 Å². The van der Waals surface area contributed by atoms with Gasteiger partial charge in [0.25, 0.3) is 0 Å². The van der Waals surface area contributed by atoms with Crippen LogP contribution in [0.2, 0.25) is 0 Å². The molecular formula is C61H46N4O. The first kappa shape index (κ1) is 38.6. The Bertz CT molecular complexity index is 3940. The molecular weight excluding hydrogens is 805 g/mol. The number of fused-ring (bicyclic) bond motifs is 9. The molecule has 12 aromatic rings. The highest BCUT2D eigenvalue weighted by molar-refractivity contribution is 6.14. The summed E-state index contributed by atoms with van der Waals surface area (Å²) in [7, 11) is 0. The highest BCUT2D eigenvalue weighted by Gasteiger charge is 2.38. The Morgan fingerprint density at radius 3 is 1.71 bits per heavy atom. The molecule has 1 aliphatic carbocycles. The van der Waals surface area contributed by atoms with Crippen LogP contribution in [0.1, 0.15) is 51.7 Å². The summed E-state index contributed by atoms with van der Waals surface area (Å²) >= 11 is 0. The van der Waals surface area contributed by atoms with Crippen molar-refractivity contribution in [2.75, 3.05) is 0 Å². The van der Waals surface area contributed by atoms with Crippen molar-refractivity contribution in [3.05, 3.63) is 193 Å². The standard InChI is InChI=1S/C61H46N4O/c1-60(2)29-30-61(3,4)51-36-53-49(35-50(51)60)48-33-40-15-7-8-16-41(40)34-52(48)65(53)45-27-25-38(26-28-45)57-62-58(64-59(63-57)44-24-23-37-13-5-6-14-39(37)31-44)43-18-11-17-42(32-43)46-20-12-22-55-56(46)47-19-9-10-21-54(47)66-55/h5-28,31-36H,29-30H2,1-4H3. The number of rotatable bonds is 5. The van der Waals surface area contributed by atoms with Crippen molar-refractivity contribution in [3.8, 4) is 51.0 Å². The fraction of sp³-hybridized carbons (Fsp3) is 0.131. The fourth-order valence-corrected chi connectivity index (χ4v) is 10.7. The molecule has 3 heterocycles. The maximum Gasteiger partial charge on any atom is 0.164 e. The number of hydrogen-bond donors (Lipinski definition) is 0. The first-order valence-corrected chi connectivity index (χ1v) is 23.0. The minimum Gasteiger partial charge on any atom is -0.456 e. The number of hydrogen-bond acceptors (Lipinski definition) is 4. The summed E-state index contributed by atoms with van der Waals surface area (Å²) in [6.45, 7) is 9.66. The van der Waals surface area contributed by atoms with Crippen LogP contribution < -0.4 is 0 Å². The number of nitrogens with zero attached hydrogens (tertiary/aromatic N) is 4. The second kappa shape index (κ2) is 14.3. The van der Waals surface area contributed by atoms with Gasteiger partial charge in [-0.2, -0.15) is 0 Å². The average Bonchev–Trinajstić information content (AvgIpc) is 3.89. The van der Waals surface area contributed by atoms with Crippen LogP contribution in [0.3, 0.4) is 0 Å². The molecule has 9 aromatic carbocycles. The predicted molar refractivity (Wildman–Crippen MR) is 273 cm³/mol. The molecule has 66 heavy (non-hydrogen) atoms. The largest absolute Gasteiger partial charge is 0.456 e. The lowest BCUT2D eigenvalue weighted by Gasteiger charge is -2.42. The summed E-state index contributed by atoms with van der Waals surface area (Å²) in [6.07, 6.45) is 2.34. The number of para-hydroxylation sites is 1. The van der Waals surface area contributed by atoms with E-state index in [1.807, 2.05) is 18.2 Å². The Morgan fingerprint density at radius 2 is 0.955 bits per heavy atom. The van der Waals surface area contributed by atoms with E-state index in [0.29, 0.717) is 17.5 Å². The lowest BCUT2D eigenvalue weighted by Crippen LogP contribution is -2.33. The molecule has 0 spiro atoms. The first-order valence-electron chi connectivity index (χ1n) is 23.0. The minimum absolute atomic E-state index is 0.0779. The second-order valence-electron chi connectivity index (χ2n) is 19.5. The summed E-state index contributed by atoms with van der Waals surface area (Å²) in [4.78, 5) is 15.7. The van der Waals surface area contributed by atoms with E-state index in [2.05, 4.69) is 196 Å². The lowest BCUT2D eigenvalue weighted by molar-refractivity contribution is 0.332. The van der Waals surface area contributed by atoms with Crippen LogP contribution in [0.5, 0.6) is 0 Å². The van der Waals surface area contributed by atoms with Gasteiger partial charge in [-0.1, -0.05) is 137 Å². The minimum atomic E-state index is 0.0779. The maximum atomic E-state index is 6.28. The third kappa shape index (κ3) is 6.10. The smallest absolute Gasteiger partial charge is 0.164 e. The predicted octanol–water partition coefficient (Wildman–Crippen LogP) is 16.2. The van der Waals surface area contributed by atoms with Crippen molar-refractivity contribution in [3.63, 3.8) is 0 Å². The molecule has 3 aromatic heterocycles. The lowest BCUT2D eigenvalue weighted by atomic mass is 9.63. The van der Waals surface area contributed by atoms with Crippen LogP contribution in [0.25, 0.3) is 116 Å². The van der Waals surface area contributed by atoms with Crippen LogP contribution in [-0.2, 0) is 10.8 Å². The highest BCUT2D eigenvalue weighted by atomic mass is 16.3. The van der Waals surface area contributed by atoms with Gasteiger partial charge in [0, 0.05) is 43.9 Å². The molecule has 0 aliphatic heterocycles. The molecule has 0 radical (unpaired) electrons. The third-order valence-corrected chi connectivity index (χ3v) is 14.5. The Morgan fingerprint density at radius 1 is 0.409 bits per heavy atom. The highest BCUT2D eigenvalue weighted by Crippen LogP contribution is 2.49. The number of benzene rings is 9. The zero-order valence-corrected chi connectivity index (χ0v) is 37.4. The van der Waals surface area contributed by atoms with Gasteiger partial charge in [0.05, 0.1) is 11.0 Å². The van der Waals surface area contributed by atoms with Crippen LogP contribution in [0.15, 0.2) is 186 Å². The zero-order valence-electron chi connectivity index (χ0n) is 37.4. The molecule has 0 atom stereocenters. The summed E-state index contributed by atoms with van der Waals surface area (Å²) in [5.41, 5.74) is 13.3. The van der Waals surface area contributed by atoms with Gasteiger partial charge in [0.1, 0.15) is 11.2 Å². The molecule has 5 heteroatoms. The van der Waals surface area contributed by atoms with E-state index >= 15 is 0 Å². The molecule has 0 fully saturated rings. The third-order valence-electron chi connectivity index (χ3n) is 14.5. The van der Waals surface area contributed by atoms with Crippen molar-refractivity contribution in [2.45, 2.75) is 51.4 Å². The summed E-state index contributed by atoms with van der Waals surface area (Å²) in [5, 5.41) is 9.56. The van der Waals surface area contributed by atoms with Crippen molar-refractivity contribution in [1.82, 2.24) is 19.5 Å². The molecule has 0 saturated heterocycles. The molecule has 0 unspecified atom stereocenters. The SMILES string of the molecule is CC1(C)CCC(C)(C)c2cc3c(cc21)c1cc2ccccc2cc1n3-c1ccc(-c2nc(-c3cccc(-c4cccc5oc6ccccc6c45)c3)nc(-c3ccc4ccccc4c3)n2)cc1.